The van der Waals surface area contributed by atoms with Crippen LogP contribution in [0.25, 0.3) is 0 Å². The van der Waals surface area contributed by atoms with Crippen LogP contribution in [-0.2, 0) is 0 Å². The maximum Gasteiger partial charge on any atom is 0.00696 e. The van der Waals surface area contributed by atoms with E-state index in [-0.39, 0.29) is 0 Å². The van der Waals surface area contributed by atoms with Crippen LogP contribution in [0.3, 0.4) is 0 Å². The predicted molar refractivity (Wildman–Crippen MR) is 61.6 cm³/mol. The quantitative estimate of drug-likeness (QED) is 0.586. The van der Waals surface area contributed by atoms with Gasteiger partial charge in [0.25, 0.3) is 0 Å². The summed E-state index contributed by atoms with van der Waals surface area (Å²) in [5.41, 5.74) is 0. The van der Waals surface area contributed by atoms with Crippen molar-refractivity contribution in [1.82, 2.24) is 9.80 Å². The molecule has 13 heavy (non-hydrogen) atoms. The average Bonchev–Trinajstić information content (AvgIpc) is 2.58. The van der Waals surface area contributed by atoms with Gasteiger partial charge >= 0.3 is 0 Å². The van der Waals surface area contributed by atoms with Crippen molar-refractivity contribution in [1.29, 1.82) is 0 Å². The lowest BCUT2D eigenvalue weighted by molar-refractivity contribution is 0.372. The molecule has 0 aromatic carbocycles. The van der Waals surface area contributed by atoms with E-state index in [1.54, 1.807) is 0 Å². The zero-order chi connectivity index (χ0) is 9.52. The van der Waals surface area contributed by atoms with E-state index in [0.717, 1.165) is 0 Å². The van der Waals surface area contributed by atoms with Crippen molar-refractivity contribution in [3.05, 3.63) is 0 Å². The first kappa shape index (κ1) is 11.3. The van der Waals surface area contributed by atoms with Crippen LogP contribution >= 0.6 is 11.8 Å². The number of likely N-dealkylation sites (tertiary alicyclic amines) is 1. The largest absolute Gasteiger partial charge is 0.306 e. The Hall–Kier alpha value is 0.270. The third-order valence-corrected chi connectivity index (χ3v) is 3.51. The van der Waals surface area contributed by atoms with E-state index >= 15 is 0 Å². The van der Waals surface area contributed by atoms with Gasteiger partial charge in [-0.25, -0.2) is 0 Å². The lowest BCUT2D eigenvalue weighted by Gasteiger charge is -2.20. The Labute approximate surface area is 86.7 Å². The Balaban J connectivity index is 0.000000132. The highest BCUT2D eigenvalue weighted by Gasteiger charge is 2.03. The fourth-order valence-corrected chi connectivity index (χ4v) is 2.62. The number of thioether (sulfide) groups is 1. The Bertz CT molecular complexity index is 118. The number of hydrogen-bond acceptors (Lipinski definition) is 3. The van der Waals surface area contributed by atoms with E-state index in [1.807, 2.05) is 0 Å². The Morgan fingerprint density at radius 1 is 0.769 bits per heavy atom. The lowest BCUT2D eigenvalue weighted by Crippen LogP contribution is -2.28. The molecule has 0 radical (unpaired) electrons. The molecule has 2 heterocycles. The highest BCUT2D eigenvalue weighted by atomic mass is 32.2. The zero-order valence-electron chi connectivity index (χ0n) is 8.96. The molecule has 2 aliphatic heterocycles. The van der Waals surface area contributed by atoms with Gasteiger partial charge in [0.05, 0.1) is 0 Å². The van der Waals surface area contributed by atoms with E-state index in [2.05, 4.69) is 35.7 Å². The second-order valence-corrected chi connectivity index (χ2v) is 5.15. The van der Waals surface area contributed by atoms with Crippen molar-refractivity contribution in [2.45, 2.75) is 12.8 Å². The number of hydrogen-bond donors (Lipinski definition) is 0. The molecule has 2 aliphatic rings. The normalized spacial score (nSPS) is 25.4. The fourth-order valence-electron chi connectivity index (χ4n) is 1.53. The summed E-state index contributed by atoms with van der Waals surface area (Å²) in [4.78, 5) is 4.73. The minimum Gasteiger partial charge on any atom is -0.306 e. The summed E-state index contributed by atoms with van der Waals surface area (Å²) >= 11 is 2.06. The second-order valence-electron chi connectivity index (χ2n) is 3.93. The molecule has 2 nitrogen and oxygen atoms in total. The van der Waals surface area contributed by atoms with E-state index in [4.69, 9.17) is 0 Å². The predicted octanol–water partition coefficient (Wildman–Crippen LogP) is 1.38. The molecule has 2 fully saturated rings. The summed E-state index contributed by atoms with van der Waals surface area (Å²) in [6.07, 6.45) is 2.83. The molecule has 0 amide bonds. The summed E-state index contributed by atoms with van der Waals surface area (Å²) < 4.78 is 0. The minimum atomic E-state index is 1.28. The summed E-state index contributed by atoms with van der Waals surface area (Å²) in [5.74, 6) is 2.66. The van der Waals surface area contributed by atoms with Gasteiger partial charge in [0.1, 0.15) is 0 Å². The van der Waals surface area contributed by atoms with E-state index < -0.39 is 0 Å². The van der Waals surface area contributed by atoms with Gasteiger partial charge in [0.2, 0.25) is 0 Å². The Morgan fingerprint density at radius 3 is 1.46 bits per heavy atom. The topological polar surface area (TPSA) is 6.48 Å². The molecule has 78 valence electrons. The molecule has 0 N–H and O–H groups in total. The van der Waals surface area contributed by atoms with Gasteiger partial charge < -0.3 is 9.80 Å². The van der Waals surface area contributed by atoms with E-state index in [0.29, 0.717) is 0 Å². The van der Waals surface area contributed by atoms with E-state index in [1.165, 1.54) is 50.5 Å². The van der Waals surface area contributed by atoms with Crippen LogP contribution in [0.4, 0.5) is 0 Å². The molecule has 0 saturated carbocycles. The van der Waals surface area contributed by atoms with Crippen LogP contribution in [-0.4, -0.2) is 61.6 Å². The first-order valence-corrected chi connectivity index (χ1v) is 6.39. The average molecular weight is 202 g/mol. The Kier molecular flexibility index (Phi) is 5.83. The molecule has 0 bridgehead atoms. The smallest absolute Gasteiger partial charge is 0.00696 e. The van der Waals surface area contributed by atoms with Gasteiger partial charge in [-0.15, -0.1) is 0 Å². The molecule has 3 heteroatoms. The van der Waals surface area contributed by atoms with Gasteiger partial charge in [0.15, 0.2) is 0 Å². The van der Waals surface area contributed by atoms with Crippen LogP contribution in [0, 0.1) is 0 Å². The van der Waals surface area contributed by atoms with Crippen LogP contribution in [0.2, 0.25) is 0 Å². The standard InChI is InChI=1S/C5H11NS.C5H11N/c1-6-2-4-7-5-3-6;1-6-4-2-3-5-6/h2-5H2,1H3;2-5H2,1H3. The molecule has 0 aromatic heterocycles. The summed E-state index contributed by atoms with van der Waals surface area (Å²) in [6, 6.07) is 0. The third kappa shape index (κ3) is 5.55. The van der Waals surface area contributed by atoms with Crippen molar-refractivity contribution >= 4 is 11.8 Å². The molecular formula is C10H22N2S. The minimum absolute atomic E-state index is 1.28. The molecule has 0 spiro atoms. The maximum atomic E-state index is 2.37. The van der Waals surface area contributed by atoms with Gasteiger partial charge in [0, 0.05) is 24.6 Å². The van der Waals surface area contributed by atoms with Crippen LogP contribution in [0.1, 0.15) is 12.8 Å². The van der Waals surface area contributed by atoms with Crippen LogP contribution < -0.4 is 0 Å². The van der Waals surface area contributed by atoms with Crippen molar-refractivity contribution in [2.24, 2.45) is 0 Å². The van der Waals surface area contributed by atoms with Gasteiger partial charge in [-0.3, -0.25) is 0 Å². The van der Waals surface area contributed by atoms with Crippen LogP contribution in [0.5, 0.6) is 0 Å². The third-order valence-electron chi connectivity index (χ3n) is 2.56. The first-order valence-electron chi connectivity index (χ1n) is 5.24. The molecular weight excluding hydrogens is 180 g/mol. The SMILES string of the molecule is CN1CCCC1.CN1CCSCC1. The number of nitrogens with zero attached hydrogens (tertiary/aromatic N) is 2. The molecule has 2 saturated heterocycles. The molecule has 0 unspecified atom stereocenters. The molecule has 0 aromatic rings. The second kappa shape index (κ2) is 6.68. The highest BCUT2D eigenvalue weighted by Crippen LogP contribution is 2.05. The van der Waals surface area contributed by atoms with Crippen molar-refractivity contribution in [3.63, 3.8) is 0 Å². The number of rotatable bonds is 0. The summed E-state index contributed by atoms with van der Waals surface area (Å²) in [7, 11) is 4.35. The van der Waals surface area contributed by atoms with Crippen molar-refractivity contribution < 1.29 is 0 Å². The monoisotopic (exact) mass is 202 g/mol. The fraction of sp³-hybridized carbons (Fsp3) is 1.00. The highest BCUT2D eigenvalue weighted by molar-refractivity contribution is 7.99. The van der Waals surface area contributed by atoms with Gasteiger partial charge in [-0.05, 0) is 40.0 Å². The van der Waals surface area contributed by atoms with Crippen molar-refractivity contribution in [3.8, 4) is 0 Å². The molecule has 0 aliphatic carbocycles. The molecule has 0 atom stereocenters. The van der Waals surface area contributed by atoms with Gasteiger partial charge in [-0.2, -0.15) is 11.8 Å². The summed E-state index contributed by atoms with van der Waals surface area (Å²) in [5, 5.41) is 0. The van der Waals surface area contributed by atoms with Gasteiger partial charge in [-0.1, -0.05) is 0 Å². The van der Waals surface area contributed by atoms with Crippen LogP contribution in [0.15, 0.2) is 0 Å². The van der Waals surface area contributed by atoms with E-state index in [9.17, 15) is 0 Å². The summed E-state index contributed by atoms with van der Waals surface area (Å²) in [6.45, 7) is 5.20. The Morgan fingerprint density at radius 2 is 1.23 bits per heavy atom. The van der Waals surface area contributed by atoms with Crippen molar-refractivity contribution in [2.75, 3.05) is 51.8 Å². The zero-order valence-corrected chi connectivity index (χ0v) is 9.78. The lowest BCUT2D eigenvalue weighted by atomic mass is 10.4. The maximum absolute atomic E-state index is 2.37. The molecule has 2 rings (SSSR count). The first-order chi connectivity index (χ1) is 6.29.